The second kappa shape index (κ2) is 5.75. The number of aryl methyl sites for hydroxylation is 1. The van der Waals surface area contributed by atoms with Gasteiger partial charge in [-0.15, -0.1) is 0 Å². The smallest absolute Gasteiger partial charge is 0.128 e. The number of hydrogen-bond acceptors (Lipinski definition) is 3. The summed E-state index contributed by atoms with van der Waals surface area (Å²) >= 11 is 0. The van der Waals surface area contributed by atoms with Gasteiger partial charge in [-0.2, -0.15) is 0 Å². The van der Waals surface area contributed by atoms with Gasteiger partial charge in [-0.3, -0.25) is 11.3 Å². The molecule has 1 unspecified atom stereocenters. The first kappa shape index (κ1) is 12.7. The van der Waals surface area contributed by atoms with E-state index < -0.39 is 17.7 Å². The third kappa shape index (κ3) is 2.94. The summed E-state index contributed by atoms with van der Waals surface area (Å²) in [6.45, 7) is 0. The summed E-state index contributed by atoms with van der Waals surface area (Å²) in [5.74, 6) is 5.22. The molecule has 0 aliphatic rings. The SMILES string of the molecule is NNC(CCc1ccco1)c1cc(F)ccc1F. The Morgan fingerprint density at radius 3 is 2.78 bits per heavy atom. The van der Waals surface area contributed by atoms with E-state index in [2.05, 4.69) is 5.43 Å². The Morgan fingerprint density at radius 1 is 1.28 bits per heavy atom. The molecule has 0 fully saturated rings. The Bertz CT molecular complexity index is 500. The van der Waals surface area contributed by atoms with E-state index in [9.17, 15) is 8.78 Å². The van der Waals surface area contributed by atoms with Crippen LogP contribution in [0.15, 0.2) is 41.0 Å². The predicted octanol–water partition coefficient (Wildman–Crippen LogP) is 2.70. The van der Waals surface area contributed by atoms with Crippen molar-refractivity contribution in [3.63, 3.8) is 0 Å². The van der Waals surface area contributed by atoms with Crippen molar-refractivity contribution in [2.45, 2.75) is 18.9 Å². The van der Waals surface area contributed by atoms with Gasteiger partial charge in [0.15, 0.2) is 0 Å². The van der Waals surface area contributed by atoms with Crippen molar-refractivity contribution in [1.29, 1.82) is 0 Å². The first-order valence-electron chi connectivity index (χ1n) is 5.64. The lowest BCUT2D eigenvalue weighted by atomic mass is 10.0. The number of furan rings is 1. The van der Waals surface area contributed by atoms with Gasteiger partial charge < -0.3 is 4.42 Å². The summed E-state index contributed by atoms with van der Waals surface area (Å²) < 4.78 is 31.9. The molecule has 1 atom stereocenters. The van der Waals surface area contributed by atoms with Crippen LogP contribution in [0.3, 0.4) is 0 Å². The molecule has 3 N–H and O–H groups in total. The van der Waals surface area contributed by atoms with Crippen LogP contribution in [0, 0.1) is 11.6 Å². The molecular weight excluding hydrogens is 238 g/mol. The van der Waals surface area contributed by atoms with Crippen LogP contribution in [-0.2, 0) is 6.42 Å². The number of rotatable bonds is 5. The maximum Gasteiger partial charge on any atom is 0.128 e. The summed E-state index contributed by atoms with van der Waals surface area (Å²) in [6.07, 6.45) is 2.69. The highest BCUT2D eigenvalue weighted by atomic mass is 19.1. The quantitative estimate of drug-likeness (QED) is 0.635. The van der Waals surface area contributed by atoms with Crippen LogP contribution < -0.4 is 11.3 Å². The predicted molar refractivity (Wildman–Crippen MR) is 63.5 cm³/mol. The first-order valence-corrected chi connectivity index (χ1v) is 5.64. The Morgan fingerprint density at radius 2 is 2.11 bits per heavy atom. The molecule has 1 aromatic carbocycles. The molecule has 1 aromatic heterocycles. The van der Waals surface area contributed by atoms with Crippen molar-refractivity contribution in [1.82, 2.24) is 5.43 Å². The van der Waals surface area contributed by atoms with E-state index in [1.165, 1.54) is 0 Å². The monoisotopic (exact) mass is 252 g/mol. The molecule has 5 heteroatoms. The molecule has 1 heterocycles. The first-order chi connectivity index (χ1) is 8.70. The molecule has 0 saturated carbocycles. The van der Waals surface area contributed by atoms with E-state index in [0.717, 1.165) is 24.0 Å². The second-order valence-corrected chi connectivity index (χ2v) is 4.00. The van der Waals surface area contributed by atoms with Gasteiger partial charge in [0, 0.05) is 18.0 Å². The average Bonchev–Trinajstić information content (AvgIpc) is 2.87. The summed E-state index contributed by atoms with van der Waals surface area (Å²) in [7, 11) is 0. The minimum absolute atomic E-state index is 0.226. The highest BCUT2D eigenvalue weighted by molar-refractivity contribution is 5.22. The Balaban J connectivity index is 2.10. The minimum Gasteiger partial charge on any atom is -0.469 e. The third-order valence-electron chi connectivity index (χ3n) is 2.79. The number of nitrogens with two attached hydrogens (primary N) is 1. The topological polar surface area (TPSA) is 51.2 Å². The lowest BCUT2D eigenvalue weighted by molar-refractivity contribution is 0.444. The zero-order valence-corrected chi connectivity index (χ0v) is 9.70. The van der Waals surface area contributed by atoms with Gasteiger partial charge in [-0.05, 0) is 36.8 Å². The third-order valence-corrected chi connectivity index (χ3v) is 2.79. The maximum absolute atomic E-state index is 13.6. The number of nitrogens with one attached hydrogen (secondary N) is 1. The zero-order valence-electron chi connectivity index (χ0n) is 9.70. The number of hydrazine groups is 1. The van der Waals surface area contributed by atoms with E-state index in [1.54, 1.807) is 12.3 Å². The van der Waals surface area contributed by atoms with Gasteiger partial charge in [-0.25, -0.2) is 8.78 Å². The van der Waals surface area contributed by atoms with Gasteiger partial charge in [-0.1, -0.05) is 0 Å². The molecule has 0 saturated heterocycles. The molecule has 0 radical (unpaired) electrons. The number of halogens is 2. The molecule has 18 heavy (non-hydrogen) atoms. The summed E-state index contributed by atoms with van der Waals surface area (Å²) in [5, 5.41) is 0. The van der Waals surface area contributed by atoms with E-state index in [-0.39, 0.29) is 5.56 Å². The van der Waals surface area contributed by atoms with Gasteiger partial charge >= 0.3 is 0 Å². The molecule has 2 rings (SSSR count). The van der Waals surface area contributed by atoms with Crippen molar-refractivity contribution in [2.75, 3.05) is 0 Å². The number of benzene rings is 1. The van der Waals surface area contributed by atoms with Crippen LogP contribution in [0.25, 0.3) is 0 Å². The van der Waals surface area contributed by atoms with Gasteiger partial charge in [0.05, 0.1) is 6.26 Å². The van der Waals surface area contributed by atoms with Gasteiger partial charge in [0.25, 0.3) is 0 Å². The summed E-state index contributed by atoms with van der Waals surface area (Å²) in [4.78, 5) is 0. The standard InChI is InChI=1S/C13H14F2N2O/c14-9-3-5-12(15)11(8-9)13(17-16)6-4-10-2-1-7-18-10/h1-3,5,7-8,13,17H,4,6,16H2. The Hall–Kier alpha value is -1.72. The molecule has 0 aliphatic carbocycles. The maximum atomic E-state index is 13.6. The molecule has 0 aliphatic heterocycles. The highest BCUT2D eigenvalue weighted by Crippen LogP contribution is 2.22. The second-order valence-electron chi connectivity index (χ2n) is 4.00. The Labute approximate surface area is 104 Å². The van der Waals surface area contributed by atoms with Crippen LogP contribution in [0.1, 0.15) is 23.8 Å². The summed E-state index contributed by atoms with van der Waals surface area (Å²) in [6, 6.07) is 6.49. The number of hydrogen-bond donors (Lipinski definition) is 2. The Kier molecular flexibility index (Phi) is 4.07. The lowest BCUT2D eigenvalue weighted by Gasteiger charge is -2.16. The minimum atomic E-state index is -0.482. The van der Waals surface area contributed by atoms with Crippen molar-refractivity contribution < 1.29 is 13.2 Å². The molecular formula is C13H14F2N2O. The van der Waals surface area contributed by atoms with Gasteiger partial charge in [0.2, 0.25) is 0 Å². The largest absolute Gasteiger partial charge is 0.469 e. The fraction of sp³-hybridized carbons (Fsp3) is 0.231. The van der Waals surface area contributed by atoms with Gasteiger partial charge in [0.1, 0.15) is 17.4 Å². The van der Waals surface area contributed by atoms with Crippen LogP contribution in [0.4, 0.5) is 8.78 Å². The molecule has 2 aromatic rings. The van der Waals surface area contributed by atoms with Crippen LogP contribution in [0.2, 0.25) is 0 Å². The molecule has 3 nitrogen and oxygen atoms in total. The van der Waals surface area contributed by atoms with E-state index >= 15 is 0 Å². The molecule has 0 amide bonds. The van der Waals surface area contributed by atoms with Crippen LogP contribution >= 0.6 is 0 Å². The van der Waals surface area contributed by atoms with E-state index in [1.807, 2.05) is 6.07 Å². The fourth-order valence-electron chi connectivity index (χ4n) is 1.85. The lowest BCUT2D eigenvalue weighted by Crippen LogP contribution is -2.29. The molecule has 96 valence electrons. The average molecular weight is 252 g/mol. The normalized spacial score (nSPS) is 12.6. The van der Waals surface area contributed by atoms with Crippen molar-refractivity contribution in [3.05, 3.63) is 59.6 Å². The molecule has 0 spiro atoms. The van der Waals surface area contributed by atoms with Crippen molar-refractivity contribution >= 4 is 0 Å². The summed E-state index contributed by atoms with van der Waals surface area (Å²) in [5.41, 5.74) is 2.73. The fourth-order valence-corrected chi connectivity index (χ4v) is 1.85. The van der Waals surface area contributed by atoms with Crippen LogP contribution in [0.5, 0.6) is 0 Å². The van der Waals surface area contributed by atoms with Crippen LogP contribution in [-0.4, -0.2) is 0 Å². The van der Waals surface area contributed by atoms with Crippen molar-refractivity contribution in [3.8, 4) is 0 Å². The van der Waals surface area contributed by atoms with E-state index in [0.29, 0.717) is 12.8 Å². The molecule has 0 bridgehead atoms. The van der Waals surface area contributed by atoms with Crippen molar-refractivity contribution in [2.24, 2.45) is 5.84 Å². The zero-order chi connectivity index (χ0) is 13.0. The van der Waals surface area contributed by atoms with E-state index in [4.69, 9.17) is 10.3 Å². The highest BCUT2D eigenvalue weighted by Gasteiger charge is 2.15.